The number of imidazole rings is 1. The van der Waals surface area contributed by atoms with E-state index in [0.29, 0.717) is 10.7 Å². The Balaban J connectivity index is 1.71. The molecule has 0 radical (unpaired) electrons. The molecule has 0 N–H and O–H groups in total. The summed E-state index contributed by atoms with van der Waals surface area (Å²) in [5, 5.41) is 0.378. The lowest BCUT2D eigenvalue weighted by Gasteiger charge is -2.06. The maximum atomic E-state index is 6.23. The predicted octanol–water partition coefficient (Wildman–Crippen LogP) is 4.89. The van der Waals surface area contributed by atoms with Crippen molar-refractivity contribution in [3.05, 3.63) is 89.1 Å². The summed E-state index contributed by atoms with van der Waals surface area (Å²) in [6, 6.07) is 20.5. The van der Waals surface area contributed by atoms with Crippen LogP contribution in [0.2, 0.25) is 5.15 Å². The Labute approximate surface area is 156 Å². The maximum absolute atomic E-state index is 6.23. The van der Waals surface area contributed by atoms with E-state index < -0.39 is 0 Å². The Morgan fingerprint density at radius 3 is 2.38 bits per heavy atom. The summed E-state index contributed by atoms with van der Waals surface area (Å²) in [6.07, 6.45) is 6.41. The molecular formula is C21H17ClN4. The molecule has 0 fully saturated rings. The maximum Gasteiger partial charge on any atom is 0.165 e. The summed E-state index contributed by atoms with van der Waals surface area (Å²) in [5.41, 5.74) is 3.78. The Morgan fingerprint density at radius 1 is 0.885 bits per heavy atom. The first-order valence-corrected chi connectivity index (χ1v) is 8.83. The van der Waals surface area contributed by atoms with Crippen LogP contribution in [0.5, 0.6) is 0 Å². The lowest BCUT2D eigenvalue weighted by molar-refractivity contribution is 0.702. The van der Waals surface area contributed by atoms with E-state index in [2.05, 4.69) is 55.9 Å². The minimum absolute atomic E-state index is 0.378. The number of rotatable bonds is 5. The second kappa shape index (κ2) is 7.50. The van der Waals surface area contributed by atoms with Crippen LogP contribution in [0.3, 0.4) is 0 Å². The Kier molecular flexibility index (Phi) is 4.75. The van der Waals surface area contributed by atoms with Gasteiger partial charge in [0.05, 0.1) is 0 Å². The summed E-state index contributed by atoms with van der Waals surface area (Å²) in [4.78, 5) is 13.1. The van der Waals surface area contributed by atoms with Crippen molar-refractivity contribution in [1.29, 1.82) is 0 Å². The summed E-state index contributed by atoms with van der Waals surface area (Å²) < 4.78 is 2.09. The smallest absolute Gasteiger partial charge is 0.165 e. The van der Waals surface area contributed by atoms with Crippen LogP contribution in [-0.2, 0) is 13.0 Å². The summed E-state index contributed by atoms with van der Waals surface area (Å²) >= 11 is 6.23. The standard InChI is InChI=1S/C21H17ClN4/c22-20-19-21(24-15-23-20)26(14-13-17-9-5-2-6-10-17)18(25-19)12-11-16-7-3-1-4-8-16/h1-12,15H,13-14H2/b12-11+. The Morgan fingerprint density at radius 2 is 1.62 bits per heavy atom. The van der Waals surface area contributed by atoms with Crippen molar-refractivity contribution in [3.63, 3.8) is 0 Å². The molecule has 4 nitrogen and oxygen atoms in total. The molecule has 2 aromatic carbocycles. The second-order valence-electron chi connectivity index (χ2n) is 5.94. The molecule has 4 rings (SSSR count). The minimum Gasteiger partial charge on any atom is -0.309 e. The molecule has 0 aliphatic carbocycles. The van der Waals surface area contributed by atoms with Crippen molar-refractivity contribution in [3.8, 4) is 0 Å². The van der Waals surface area contributed by atoms with Crippen LogP contribution in [0.25, 0.3) is 23.3 Å². The van der Waals surface area contributed by atoms with Gasteiger partial charge < -0.3 is 4.57 Å². The molecule has 0 aliphatic heterocycles. The predicted molar refractivity (Wildman–Crippen MR) is 106 cm³/mol. The summed E-state index contributed by atoms with van der Waals surface area (Å²) in [7, 11) is 0. The molecule has 0 unspecified atom stereocenters. The van der Waals surface area contributed by atoms with E-state index in [1.165, 1.54) is 11.9 Å². The van der Waals surface area contributed by atoms with Gasteiger partial charge in [-0.25, -0.2) is 15.0 Å². The first-order chi connectivity index (χ1) is 12.8. The molecule has 5 heteroatoms. The van der Waals surface area contributed by atoms with Gasteiger partial charge in [-0.3, -0.25) is 0 Å². The fraction of sp³-hybridized carbons (Fsp3) is 0.0952. The molecule has 128 valence electrons. The average Bonchev–Trinajstić information content (AvgIpc) is 3.05. The van der Waals surface area contributed by atoms with Gasteiger partial charge in [0.2, 0.25) is 0 Å². The van der Waals surface area contributed by atoms with Crippen LogP contribution >= 0.6 is 11.6 Å². The molecule has 0 saturated heterocycles. The monoisotopic (exact) mass is 360 g/mol. The van der Waals surface area contributed by atoms with Gasteiger partial charge in [0.1, 0.15) is 17.7 Å². The lowest BCUT2D eigenvalue weighted by atomic mass is 10.1. The quantitative estimate of drug-likeness (QED) is 0.476. The van der Waals surface area contributed by atoms with Crippen molar-refractivity contribution >= 4 is 34.9 Å². The highest BCUT2D eigenvalue weighted by Crippen LogP contribution is 2.22. The van der Waals surface area contributed by atoms with E-state index in [1.54, 1.807) is 0 Å². The van der Waals surface area contributed by atoms with Crippen LogP contribution in [0, 0.1) is 0 Å². The Bertz CT molecular complexity index is 1040. The molecule has 0 amide bonds. The van der Waals surface area contributed by atoms with Gasteiger partial charge in [0, 0.05) is 6.54 Å². The van der Waals surface area contributed by atoms with Crippen LogP contribution in [0.1, 0.15) is 17.0 Å². The van der Waals surface area contributed by atoms with Crippen LogP contribution in [0.15, 0.2) is 67.0 Å². The van der Waals surface area contributed by atoms with Crippen molar-refractivity contribution in [1.82, 2.24) is 19.5 Å². The van der Waals surface area contributed by atoms with E-state index in [-0.39, 0.29) is 0 Å². The zero-order chi connectivity index (χ0) is 17.8. The number of hydrogen-bond acceptors (Lipinski definition) is 3. The zero-order valence-corrected chi connectivity index (χ0v) is 14.8. The van der Waals surface area contributed by atoms with Gasteiger partial charge in [-0.05, 0) is 23.6 Å². The van der Waals surface area contributed by atoms with Crippen LogP contribution in [-0.4, -0.2) is 19.5 Å². The SMILES string of the molecule is Clc1ncnc2c1nc(/C=C/c1ccccc1)n2CCc1ccccc1. The number of aryl methyl sites for hydroxylation is 2. The van der Waals surface area contributed by atoms with E-state index in [9.17, 15) is 0 Å². The number of halogens is 1. The van der Waals surface area contributed by atoms with Gasteiger partial charge >= 0.3 is 0 Å². The van der Waals surface area contributed by atoms with E-state index in [0.717, 1.165) is 30.0 Å². The number of fused-ring (bicyclic) bond motifs is 1. The van der Waals surface area contributed by atoms with Gasteiger partial charge in [0.25, 0.3) is 0 Å². The van der Waals surface area contributed by atoms with E-state index in [4.69, 9.17) is 11.6 Å². The zero-order valence-electron chi connectivity index (χ0n) is 14.1. The molecule has 0 saturated carbocycles. The van der Waals surface area contributed by atoms with Gasteiger partial charge in [-0.2, -0.15) is 0 Å². The van der Waals surface area contributed by atoms with Crippen LogP contribution in [0.4, 0.5) is 0 Å². The van der Waals surface area contributed by atoms with Crippen molar-refractivity contribution in [2.75, 3.05) is 0 Å². The molecule has 0 atom stereocenters. The molecule has 0 spiro atoms. The number of aromatic nitrogens is 4. The highest BCUT2D eigenvalue weighted by molar-refractivity contribution is 6.33. The fourth-order valence-electron chi connectivity index (χ4n) is 2.89. The van der Waals surface area contributed by atoms with Crippen LogP contribution < -0.4 is 0 Å². The number of nitrogens with zero attached hydrogens (tertiary/aromatic N) is 4. The minimum atomic E-state index is 0.378. The third-order valence-electron chi connectivity index (χ3n) is 4.21. The largest absolute Gasteiger partial charge is 0.309 e. The molecule has 2 aromatic heterocycles. The van der Waals surface area contributed by atoms with Crippen molar-refractivity contribution in [2.24, 2.45) is 0 Å². The molecule has 26 heavy (non-hydrogen) atoms. The Hall–Kier alpha value is -2.98. The van der Waals surface area contributed by atoms with Crippen molar-refractivity contribution in [2.45, 2.75) is 13.0 Å². The normalized spacial score (nSPS) is 11.4. The summed E-state index contributed by atoms with van der Waals surface area (Å²) in [6.45, 7) is 0.766. The van der Waals surface area contributed by atoms with Gasteiger partial charge in [0.15, 0.2) is 10.8 Å². The molecule has 0 bridgehead atoms. The topological polar surface area (TPSA) is 43.6 Å². The first-order valence-electron chi connectivity index (χ1n) is 8.45. The van der Waals surface area contributed by atoms with E-state index in [1.807, 2.05) is 36.4 Å². The average molecular weight is 361 g/mol. The molecule has 0 aliphatic rings. The highest BCUT2D eigenvalue weighted by Gasteiger charge is 2.13. The highest BCUT2D eigenvalue weighted by atomic mass is 35.5. The summed E-state index contributed by atoms with van der Waals surface area (Å²) in [5.74, 6) is 0.821. The van der Waals surface area contributed by atoms with Crippen molar-refractivity contribution < 1.29 is 0 Å². The van der Waals surface area contributed by atoms with Gasteiger partial charge in [-0.1, -0.05) is 78.3 Å². The fourth-order valence-corrected chi connectivity index (χ4v) is 3.06. The second-order valence-corrected chi connectivity index (χ2v) is 6.30. The lowest BCUT2D eigenvalue weighted by Crippen LogP contribution is -2.04. The first kappa shape index (κ1) is 16.5. The number of hydrogen-bond donors (Lipinski definition) is 0. The molecule has 4 aromatic rings. The third kappa shape index (κ3) is 3.51. The molecular weight excluding hydrogens is 344 g/mol. The molecule has 2 heterocycles. The number of benzene rings is 2. The van der Waals surface area contributed by atoms with E-state index >= 15 is 0 Å². The third-order valence-corrected chi connectivity index (χ3v) is 4.48. The van der Waals surface area contributed by atoms with Gasteiger partial charge in [-0.15, -0.1) is 0 Å².